The molecule has 166 valence electrons. The van der Waals surface area contributed by atoms with Crippen molar-refractivity contribution in [2.45, 2.75) is 31.7 Å². The Morgan fingerprint density at radius 3 is 2.44 bits per heavy atom. The summed E-state index contributed by atoms with van der Waals surface area (Å²) in [4.78, 5) is 12.7. The molecule has 0 radical (unpaired) electrons. The van der Waals surface area contributed by atoms with Crippen LogP contribution in [-0.2, 0) is 15.1 Å². The van der Waals surface area contributed by atoms with Gasteiger partial charge in [0.25, 0.3) is 0 Å². The first-order valence-corrected chi connectivity index (χ1v) is 11.7. The molecule has 1 saturated carbocycles. The van der Waals surface area contributed by atoms with Crippen molar-refractivity contribution in [3.05, 3.63) is 66.6 Å². The van der Waals surface area contributed by atoms with Crippen LogP contribution >= 0.6 is 0 Å². The summed E-state index contributed by atoms with van der Waals surface area (Å²) < 4.78 is 46.8. The SMILES string of the molecule is O=C(Nc1ccn(-c2ccccc2F)n1)[C@H]1CC[C@@H](N2c3ccccc3OS2(=O)=O)CC1. The topological polar surface area (TPSA) is 93.5 Å². The largest absolute Gasteiger partial charge is 0.410 e. The van der Waals surface area contributed by atoms with E-state index in [0.717, 1.165) is 0 Å². The van der Waals surface area contributed by atoms with Crippen LogP contribution in [0, 0.1) is 11.7 Å². The molecule has 0 spiro atoms. The summed E-state index contributed by atoms with van der Waals surface area (Å²) in [5.74, 6) is -0.175. The number of aromatic nitrogens is 2. The number of halogens is 1. The van der Waals surface area contributed by atoms with E-state index in [1.165, 1.54) is 15.1 Å². The quantitative estimate of drug-likeness (QED) is 0.647. The molecule has 0 atom stereocenters. The molecule has 10 heteroatoms. The smallest absolute Gasteiger partial charge is 0.364 e. The van der Waals surface area contributed by atoms with E-state index < -0.39 is 16.1 Å². The van der Waals surface area contributed by atoms with Crippen LogP contribution in [0.25, 0.3) is 5.69 Å². The van der Waals surface area contributed by atoms with Crippen LogP contribution in [0.3, 0.4) is 0 Å². The van der Waals surface area contributed by atoms with E-state index in [1.807, 2.05) is 0 Å². The molecule has 3 aromatic rings. The lowest BCUT2D eigenvalue weighted by Gasteiger charge is -2.32. The number of anilines is 2. The van der Waals surface area contributed by atoms with E-state index in [-0.39, 0.29) is 17.9 Å². The third-order valence-corrected chi connectivity index (χ3v) is 7.24. The molecule has 1 aromatic heterocycles. The van der Waals surface area contributed by atoms with Gasteiger partial charge >= 0.3 is 10.3 Å². The number of carbonyl (C=O) groups is 1. The molecule has 0 bridgehead atoms. The highest BCUT2D eigenvalue weighted by Crippen LogP contribution is 2.42. The van der Waals surface area contributed by atoms with E-state index in [4.69, 9.17) is 4.18 Å². The first-order valence-electron chi connectivity index (χ1n) is 10.4. The molecule has 32 heavy (non-hydrogen) atoms. The van der Waals surface area contributed by atoms with Crippen molar-refractivity contribution in [3.63, 3.8) is 0 Å². The zero-order valence-corrected chi connectivity index (χ0v) is 17.8. The average Bonchev–Trinajstić information content (AvgIpc) is 3.34. The maximum absolute atomic E-state index is 13.9. The minimum absolute atomic E-state index is 0.178. The Bertz CT molecular complexity index is 1270. The maximum atomic E-state index is 13.9. The predicted molar refractivity (Wildman–Crippen MR) is 116 cm³/mol. The lowest BCUT2D eigenvalue weighted by atomic mass is 9.85. The van der Waals surface area contributed by atoms with E-state index in [1.54, 1.807) is 54.7 Å². The van der Waals surface area contributed by atoms with Crippen LogP contribution in [0.2, 0.25) is 0 Å². The van der Waals surface area contributed by atoms with Gasteiger partial charge in [0.15, 0.2) is 11.6 Å². The Kier molecular flexibility index (Phi) is 5.09. The van der Waals surface area contributed by atoms with Crippen LogP contribution in [-0.4, -0.2) is 30.1 Å². The van der Waals surface area contributed by atoms with Crippen molar-refractivity contribution in [2.75, 3.05) is 9.62 Å². The zero-order chi connectivity index (χ0) is 22.3. The van der Waals surface area contributed by atoms with Gasteiger partial charge in [0, 0.05) is 24.2 Å². The number of rotatable bonds is 4. The fourth-order valence-electron chi connectivity index (χ4n) is 4.33. The Hall–Kier alpha value is -3.40. The number of hydrogen-bond donors (Lipinski definition) is 1. The molecule has 2 aromatic carbocycles. The highest BCUT2D eigenvalue weighted by Gasteiger charge is 2.42. The van der Waals surface area contributed by atoms with Crippen LogP contribution < -0.4 is 13.8 Å². The summed E-state index contributed by atoms with van der Waals surface area (Å²) in [5, 5.41) is 7.03. The molecule has 0 unspecified atom stereocenters. The minimum Gasteiger partial charge on any atom is -0.364 e. The van der Waals surface area contributed by atoms with Gasteiger partial charge in [-0.3, -0.25) is 4.79 Å². The van der Waals surface area contributed by atoms with E-state index in [9.17, 15) is 17.6 Å². The first-order chi connectivity index (χ1) is 15.4. The molecular weight excluding hydrogens is 435 g/mol. The molecule has 2 heterocycles. The van der Waals surface area contributed by atoms with Crippen molar-refractivity contribution in [2.24, 2.45) is 5.92 Å². The van der Waals surface area contributed by atoms with E-state index >= 15 is 0 Å². The van der Waals surface area contributed by atoms with Crippen molar-refractivity contribution in [3.8, 4) is 11.4 Å². The highest BCUT2D eigenvalue weighted by molar-refractivity contribution is 7.89. The summed E-state index contributed by atoms with van der Waals surface area (Å²) in [6.07, 6.45) is 3.75. The second-order valence-electron chi connectivity index (χ2n) is 7.90. The summed E-state index contributed by atoms with van der Waals surface area (Å²) >= 11 is 0. The molecule has 8 nitrogen and oxygen atoms in total. The number of amides is 1. The van der Waals surface area contributed by atoms with Gasteiger partial charge in [0.05, 0.1) is 5.69 Å². The molecule has 2 aliphatic rings. The third-order valence-electron chi connectivity index (χ3n) is 5.88. The van der Waals surface area contributed by atoms with Gasteiger partial charge in [-0.25, -0.2) is 13.4 Å². The summed E-state index contributed by atoms with van der Waals surface area (Å²) in [6.45, 7) is 0. The van der Waals surface area contributed by atoms with Gasteiger partial charge < -0.3 is 9.50 Å². The second kappa shape index (κ2) is 7.94. The lowest BCUT2D eigenvalue weighted by Crippen LogP contribution is -2.42. The number of benzene rings is 2. The van der Waals surface area contributed by atoms with Gasteiger partial charge in [0.1, 0.15) is 11.5 Å². The number of nitrogens with zero attached hydrogens (tertiary/aromatic N) is 3. The number of fused-ring (bicyclic) bond motifs is 1. The van der Waals surface area contributed by atoms with Crippen LogP contribution in [0.5, 0.6) is 5.75 Å². The van der Waals surface area contributed by atoms with Crippen LogP contribution in [0.4, 0.5) is 15.9 Å². The van der Waals surface area contributed by atoms with Crippen LogP contribution in [0.15, 0.2) is 60.8 Å². The summed E-state index contributed by atoms with van der Waals surface area (Å²) in [6, 6.07) is 14.5. The number of para-hydroxylation sites is 3. The summed E-state index contributed by atoms with van der Waals surface area (Å²) in [7, 11) is -3.87. The van der Waals surface area contributed by atoms with Gasteiger partial charge in [0.2, 0.25) is 5.91 Å². The molecule has 1 N–H and O–H groups in total. The summed E-state index contributed by atoms with van der Waals surface area (Å²) in [5.41, 5.74) is 0.835. The Morgan fingerprint density at radius 2 is 1.69 bits per heavy atom. The number of hydrogen-bond acceptors (Lipinski definition) is 5. The van der Waals surface area contributed by atoms with Crippen molar-refractivity contribution in [1.82, 2.24) is 9.78 Å². The Labute approximate surface area is 184 Å². The standard InChI is InChI=1S/C22H21FN4O4S/c23-17-5-1-2-6-18(17)26-14-13-21(25-26)24-22(28)15-9-11-16(12-10-15)27-19-7-3-4-8-20(19)31-32(27,29)30/h1-8,13-16H,9-12H2,(H,24,25,28)/t15-,16+. The first kappa shape index (κ1) is 20.5. The van der Waals surface area contributed by atoms with Crippen molar-refractivity contribution >= 4 is 27.7 Å². The van der Waals surface area contributed by atoms with Gasteiger partial charge in [-0.1, -0.05) is 24.3 Å². The maximum Gasteiger partial charge on any atom is 0.410 e. The lowest BCUT2D eigenvalue weighted by molar-refractivity contribution is -0.120. The average molecular weight is 456 g/mol. The normalized spacial score (nSPS) is 21.6. The third kappa shape index (κ3) is 3.70. The fraction of sp³-hybridized carbons (Fsp3) is 0.273. The van der Waals surface area contributed by atoms with Crippen LogP contribution in [0.1, 0.15) is 25.7 Å². The number of nitrogens with one attached hydrogen (secondary N) is 1. The predicted octanol–water partition coefficient (Wildman–Crippen LogP) is 3.65. The second-order valence-corrected chi connectivity index (χ2v) is 9.31. The van der Waals surface area contributed by atoms with E-state index in [2.05, 4.69) is 10.4 Å². The molecule has 0 saturated heterocycles. The Balaban J connectivity index is 1.23. The monoisotopic (exact) mass is 456 g/mol. The molecule has 1 amide bonds. The minimum atomic E-state index is -3.87. The zero-order valence-electron chi connectivity index (χ0n) is 17.0. The number of carbonyl (C=O) groups excluding carboxylic acids is 1. The highest BCUT2D eigenvalue weighted by atomic mass is 32.2. The van der Waals surface area contributed by atoms with Crippen molar-refractivity contribution < 1.29 is 21.8 Å². The van der Waals surface area contributed by atoms with E-state index in [0.29, 0.717) is 48.6 Å². The molecule has 1 aliphatic carbocycles. The molecule has 1 fully saturated rings. The fourth-order valence-corrected chi connectivity index (χ4v) is 5.74. The molecule has 5 rings (SSSR count). The van der Waals surface area contributed by atoms with Gasteiger partial charge in [-0.15, -0.1) is 5.10 Å². The molecular formula is C22H21FN4O4S. The van der Waals surface area contributed by atoms with Gasteiger partial charge in [-0.05, 0) is 49.9 Å². The van der Waals surface area contributed by atoms with Crippen molar-refractivity contribution in [1.29, 1.82) is 0 Å². The molecule has 1 aliphatic heterocycles. The van der Waals surface area contributed by atoms with Gasteiger partial charge in [-0.2, -0.15) is 8.42 Å². The Morgan fingerprint density at radius 1 is 1.00 bits per heavy atom.